The highest BCUT2D eigenvalue weighted by atomic mass is 16.6. The Bertz CT molecular complexity index is 698. The third-order valence-corrected chi connectivity index (χ3v) is 5.57. The molecule has 0 spiro atoms. The normalized spacial score (nSPS) is 11.4. The lowest BCUT2D eigenvalue weighted by atomic mass is 9.70. The van der Waals surface area contributed by atoms with E-state index < -0.39 is 14.2 Å². The van der Waals surface area contributed by atoms with Crippen LogP contribution in [0.1, 0.15) is 11.1 Å². The molecule has 42 heavy (non-hydrogen) atoms. The first-order valence-electron chi connectivity index (χ1n) is 14.0. The molecule has 0 aliphatic heterocycles. The molecule has 242 valence electrons. The summed E-state index contributed by atoms with van der Waals surface area (Å²) in [6, 6.07) is 2.93. The van der Waals surface area contributed by atoms with E-state index in [1.54, 1.807) is 14.2 Å². The summed E-state index contributed by atoms with van der Waals surface area (Å²) < 4.78 is 53.2. The molecule has 4 N–H and O–H groups in total. The van der Waals surface area contributed by atoms with Crippen molar-refractivity contribution in [2.45, 2.75) is 13.2 Å². The van der Waals surface area contributed by atoms with Crippen LogP contribution in [0, 0.1) is 0 Å². The first-order valence-corrected chi connectivity index (χ1v) is 14.0. The van der Waals surface area contributed by atoms with Gasteiger partial charge in [0.15, 0.2) is 0 Å². The summed E-state index contributed by atoms with van der Waals surface area (Å²) in [7, 11) is -0.340. The Kier molecular flexibility index (Phi) is 25.3. The van der Waals surface area contributed by atoms with Crippen molar-refractivity contribution in [2.75, 3.05) is 120 Å². The summed E-state index contributed by atoms with van der Waals surface area (Å²) in [6.07, 6.45) is 0. The molecule has 0 bridgehead atoms. The van der Waals surface area contributed by atoms with Gasteiger partial charge in [-0.3, -0.25) is 0 Å². The third-order valence-electron chi connectivity index (χ3n) is 5.57. The first-order chi connectivity index (χ1) is 20.5. The molecule has 0 radical (unpaired) electrons. The Morgan fingerprint density at radius 3 is 0.881 bits per heavy atom. The molecule has 1 aromatic rings. The van der Waals surface area contributed by atoms with Crippen LogP contribution >= 0.6 is 0 Å². The van der Waals surface area contributed by atoms with Crippen molar-refractivity contribution in [3.8, 4) is 0 Å². The minimum atomic E-state index is -1.78. The zero-order valence-corrected chi connectivity index (χ0v) is 24.9. The molecular weight excluding hydrogens is 558 g/mol. The standard InChI is InChI=1S/C26H48B2O14/c1-33-3-5-35-7-9-37-11-13-39-15-17-41-21-23-19-26(28(31)32)24(20-25(23)27(29)30)22-42-18-16-40-14-12-38-10-8-36-6-4-34-2/h19-20,29-32H,3-18,21-22H2,1-2H3. The van der Waals surface area contributed by atoms with Crippen LogP contribution < -0.4 is 10.9 Å². The van der Waals surface area contributed by atoms with Gasteiger partial charge in [0.1, 0.15) is 0 Å². The second kappa shape index (κ2) is 27.3. The maximum atomic E-state index is 9.88. The van der Waals surface area contributed by atoms with Crippen LogP contribution in [0.3, 0.4) is 0 Å². The van der Waals surface area contributed by atoms with Crippen LogP contribution in [-0.4, -0.2) is 154 Å². The molecule has 16 heteroatoms. The average molecular weight is 606 g/mol. The highest BCUT2D eigenvalue weighted by molar-refractivity contribution is 6.61. The predicted octanol–water partition coefficient (Wildman–Crippen LogP) is -2.53. The molecule has 0 heterocycles. The summed E-state index contributed by atoms with van der Waals surface area (Å²) >= 11 is 0. The number of benzene rings is 1. The fourth-order valence-corrected chi connectivity index (χ4v) is 3.43. The van der Waals surface area contributed by atoms with Gasteiger partial charge in [0.2, 0.25) is 0 Å². The quantitative estimate of drug-likeness (QED) is 0.0534. The summed E-state index contributed by atoms with van der Waals surface area (Å²) in [4.78, 5) is 0. The van der Waals surface area contributed by atoms with Crippen LogP contribution in [0.15, 0.2) is 12.1 Å². The van der Waals surface area contributed by atoms with Crippen molar-refractivity contribution >= 4 is 25.2 Å². The predicted molar refractivity (Wildman–Crippen MR) is 154 cm³/mol. The zero-order chi connectivity index (χ0) is 30.7. The summed E-state index contributed by atoms with van der Waals surface area (Å²) in [5, 5.41) is 39.5. The van der Waals surface area contributed by atoms with Gasteiger partial charge in [0, 0.05) is 14.2 Å². The fourth-order valence-electron chi connectivity index (χ4n) is 3.43. The highest BCUT2D eigenvalue weighted by Gasteiger charge is 2.23. The Morgan fingerprint density at radius 1 is 0.405 bits per heavy atom. The second-order valence-electron chi connectivity index (χ2n) is 8.76. The van der Waals surface area contributed by atoms with Crippen LogP contribution in [0.25, 0.3) is 0 Å². The summed E-state index contributed by atoms with van der Waals surface area (Å²) in [5.41, 5.74) is 1.17. The lowest BCUT2D eigenvalue weighted by Crippen LogP contribution is -2.40. The minimum Gasteiger partial charge on any atom is -0.423 e. The van der Waals surface area contributed by atoms with E-state index in [0.717, 1.165) is 0 Å². The topological polar surface area (TPSA) is 173 Å². The van der Waals surface area contributed by atoms with Gasteiger partial charge < -0.3 is 67.5 Å². The largest absolute Gasteiger partial charge is 0.488 e. The van der Waals surface area contributed by atoms with E-state index in [0.29, 0.717) is 104 Å². The molecular formula is C26H48B2O14. The smallest absolute Gasteiger partial charge is 0.423 e. The van der Waals surface area contributed by atoms with E-state index in [1.165, 1.54) is 12.1 Å². The summed E-state index contributed by atoms with van der Waals surface area (Å²) in [5.74, 6) is 0. The van der Waals surface area contributed by atoms with Crippen LogP contribution in [0.5, 0.6) is 0 Å². The molecule has 0 unspecified atom stereocenters. The van der Waals surface area contributed by atoms with Gasteiger partial charge in [-0.05, 0) is 22.1 Å². The molecule has 1 rings (SSSR count). The molecule has 0 saturated heterocycles. The van der Waals surface area contributed by atoms with E-state index in [1.807, 2.05) is 0 Å². The Morgan fingerprint density at radius 2 is 0.643 bits per heavy atom. The van der Waals surface area contributed by atoms with Gasteiger partial charge in [0.05, 0.1) is 119 Å². The molecule has 14 nitrogen and oxygen atoms in total. The van der Waals surface area contributed by atoms with Crippen LogP contribution in [0.2, 0.25) is 0 Å². The second-order valence-corrected chi connectivity index (χ2v) is 8.76. The molecule has 0 amide bonds. The molecule has 0 saturated carbocycles. The molecule has 0 aliphatic carbocycles. The molecule has 1 aromatic carbocycles. The fraction of sp³-hybridized carbons (Fsp3) is 0.769. The Hall–Kier alpha value is -1.21. The lowest BCUT2D eigenvalue weighted by molar-refractivity contribution is -0.00961. The van der Waals surface area contributed by atoms with Crippen molar-refractivity contribution in [3.63, 3.8) is 0 Å². The first kappa shape index (κ1) is 38.8. The van der Waals surface area contributed by atoms with Crippen molar-refractivity contribution in [1.29, 1.82) is 0 Å². The number of hydrogen-bond acceptors (Lipinski definition) is 14. The minimum absolute atomic E-state index is 0.0156. The highest BCUT2D eigenvalue weighted by Crippen LogP contribution is 2.06. The van der Waals surface area contributed by atoms with Gasteiger partial charge in [-0.1, -0.05) is 12.1 Å². The van der Waals surface area contributed by atoms with Gasteiger partial charge in [-0.25, -0.2) is 0 Å². The van der Waals surface area contributed by atoms with E-state index >= 15 is 0 Å². The maximum absolute atomic E-state index is 9.88. The monoisotopic (exact) mass is 606 g/mol. The van der Waals surface area contributed by atoms with Crippen molar-refractivity contribution in [2.24, 2.45) is 0 Å². The molecule has 0 aliphatic rings. The van der Waals surface area contributed by atoms with E-state index in [9.17, 15) is 20.1 Å². The van der Waals surface area contributed by atoms with E-state index in [4.69, 9.17) is 47.4 Å². The van der Waals surface area contributed by atoms with Gasteiger partial charge in [0.25, 0.3) is 0 Å². The van der Waals surface area contributed by atoms with E-state index in [2.05, 4.69) is 0 Å². The molecule has 0 fully saturated rings. The van der Waals surface area contributed by atoms with Gasteiger partial charge in [-0.15, -0.1) is 0 Å². The Labute approximate surface area is 249 Å². The average Bonchev–Trinajstić information content (AvgIpc) is 2.97. The summed E-state index contributed by atoms with van der Waals surface area (Å²) in [6.45, 7) is 6.80. The van der Waals surface area contributed by atoms with Crippen molar-refractivity contribution < 1.29 is 67.5 Å². The lowest BCUT2D eigenvalue weighted by Gasteiger charge is -2.17. The molecule has 0 aromatic heterocycles. The van der Waals surface area contributed by atoms with Crippen molar-refractivity contribution in [1.82, 2.24) is 0 Å². The van der Waals surface area contributed by atoms with Crippen molar-refractivity contribution in [3.05, 3.63) is 23.3 Å². The number of hydrogen-bond donors (Lipinski definition) is 4. The third kappa shape index (κ3) is 19.9. The Balaban J connectivity index is 2.30. The van der Waals surface area contributed by atoms with Gasteiger partial charge in [-0.2, -0.15) is 0 Å². The zero-order valence-electron chi connectivity index (χ0n) is 24.9. The van der Waals surface area contributed by atoms with Crippen LogP contribution in [0.4, 0.5) is 0 Å². The maximum Gasteiger partial charge on any atom is 0.488 e. The van der Waals surface area contributed by atoms with Gasteiger partial charge >= 0.3 is 14.2 Å². The molecule has 0 atom stereocenters. The SMILES string of the molecule is COCCOCCOCCOCCOCc1cc(B(O)O)c(COCCOCCOCCOCCOC)cc1B(O)O. The number of methoxy groups -OCH3 is 2. The van der Waals surface area contributed by atoms with E-state index in [-0.39, 0.29) is 37.4 Å². The van der Waals surface area contributed by atoms with Crippen LogP contribution in [-0.2, 0) is 60.6 Å². The number of rotatable bonds is 30. The number of ether oxygens (including phenoxy) is 10.